The minimum absolute atomic E-state index is 0.110. The number of rotatable bonds is 13. The van der Waals surface area contributed by atoms with E-state index in [0.717, 1.165) is 99.1 Å². The molecule has 0 bridgehead atoms. The summed E-state index contributed by atoms with van der Waals surface area (Å²) in [7, 11) is 2.54. The predicted octanol–water partition coefficient (Wildman–Crippen LogP) is 7.58. The van der Waals surface area contributed by atoms with E-state index in [-0.39, 0.29) is 30.3 Å². The third kappa shape index (κ3) is 10.4. The summed E-state index contributed by atoms with van der Waals surface area (Å²) in [5, 5.41) is 8.87. The molecule has 0 saturated carbocycles. The van der Waals surface area contributed by atoms with Crippen LogP contribution < -0.4 is 16.0 Å². The molecule has 1 saturated heterocycles. The number of H-pyrrole nitrogens is 2. The maximum Gasteiger partial charge on any atom is 0.407 e. The van der Waals surface area contributed by atoms with Gasteiger partial charge in [-0.25, -0.2) is 24.5 Å². The number of nitrogens with one attached hydrogen (secondary N) is 5. The standard InChI is InChI=1S/C42H47N9O6.C3H8/c1-24(2)38(50-42(55)57-4)40(53)51-19-7-8-35(51)39-48-32-17-13-28(22-34(32)49-39)30-15-12-27-20-25(10-14-29(27)45-30)26-11-16-31-33(21-26)47-36(46-31)9-5-6-18-43-37(52)23-44-41(54)56-3;1-3-2/h10-17,20-22,24,35,38H,5-9,18-19,23H2,1-4H3,(H,43,52)(H,44,54)(H,46,47)(H,48,49)(H,50,55);3H2,1-2H3. The van der Waals surface area contributed by atoms with Gasteiger partial charge in [-0.1, -0.05) is 58.4 Å². The zero-order chi connectivity index (χ0) is 42.8. The minimum atomic E-state index is -0.694. The molecule has 0 aliphatic carbocycles. The molecule has 0 radical (unpaired) electrons. The molecule has 316 valence electrons. The molecule has 1 aliphatic rings. The maximum absolute atomic E-state index is 13.6. The van der Waals surface area contributed by atoms with Gasteiger partial charge in [0.1, 0.15) is 17.7 Å². The van der Waals surface area contributed by atoms with Crippen molar-refractivity contribution in [3.63, 3.8) is 0 Å². The Bertz CT molecular complexity index is 2460. The number of methoxy groups -OCH3 is 2. The van der Waals surface area contributed by atoms with Crippen molar-refractivity contribution in [3.8, 4) is 22.4 Å². The topological polar surface area (TPSA) is 196 Å². The first-order valence-electron chi connectivity index (χ1n) is 20.6. The predicted molar refractivity (Wildman–Crippen MR) is 232 cm³/mol. The van der Waals surface area contributed by atoms with Gasteiger partial charge < -0.3 is 40.3 Å². The number of alkyl carbamates (subject to hydrolysis) is 2. The van der Waals surface area contributed by atoms with E-state index in [9.17, 15) is 19.2 Å². The fraction of sp³-hybridized carbons (Fsp3) is 0.400. The van der Waals surface area contributed by atoms with Crippen LogP contribution in [0.4, 0.5) is 9.59 Å². The first-order valence-corrected chi connectivity index (χ1v) is 20.6. The SMILES string of the molecule is CCC.COC(=O)NCC(=O)NCCCCc1nc2ccc(-c3ccc4nc(-c5ccc6nc(C7CCCN7C(=O)C(NC(=O)OC)C(C)C)[nH]c6c5)ccc4c3)cc2[nH]1. The molecule has 5 N–H and O–H groups in total. The summed E-state index contributed by atoms with van der Waals surface area (Å²) in [5.41, 5.74) is 8.31. The number of aromatic nitrogens is 5. The van der Waals surface area contributed by atoms with Crippen LogP contribution in [-0.4, -0.2) is 93.7 Å². The molecule has 7 rings (SSSR count). The van der Waals surface area contributed by atoms with Crippen molar-refractivity contribution in [3.05, 3.63) is 78.4 Å². The van der Waals surface area contributed by atoms with Gasteiger partial charge in [0.25, 0.3) is 0 Å². The Hall–Kier alpha value is -6.51. The summed E-state index contributed by atoms with van der Waals surface area (Å²) >= 11 is 0. The summed E-state index contributed by atoms with van der Waals surface area (Å²) in [6, 6.07) is 21.7. The quantitative estimate of drug-likeness (QED) is 0.0730. The Balaban J connectivity index is 0.00000195. The number of imidazole rings is 2. The van der Waals surface area contributed by atoms with E-state index in [1.165, 1.54) is 20.6 Å². The van der Waals surface area contributed by atoms with Gasteiger partial charge in [0.05, 0.1) is 60.1 Å². The number of benzene rings is 3. The number of fused-ring (bicyclic) bond motifs is 3. The lowest BCUT2D eigenvalue weighted by molar-refractivity contribution is -0.135. The van der Waals surface area contributed by atoms with Gasteiger partial charge in [-0.05, 0) is 85.2 Å². The van der Waals surface area contributed by atoms with Crippen molar-refractivity contribution in [2.75, 3.05) is 33.9 Å². The first-order chi connectivity index (χ1) is 29.0. The number of carbonyl (C=O) groups excluding carboxylic acids is 4. The molecule has 1 aliphatic heterocycles. The zero-order valence-corrected chi connectivity index (χ0v) is 35.2. The minimum Gasteiger partial charge on any atom is -0.453 e. The van der Waals surface area contributed by atoms with Gasteiger partial charge in [0.2, 0.25) is 11.8 Å². The van der Waals surface area contributed by atoms with Crippen molar-refractivity contribution < 1.29 is 28.7 Å². The molecular formula is C45H55N9O6. The van der Waals surface area contributed by atoms with E-state index in [1.807, 2.05) is 55.1 Å². The highest BCUT2D eigenvalue weighted by atomic mass is 16.5. The second-order valence-corrected chi connectivity index (χ2v) is 15.3. The van der Waals surface area contributed by atoms with E-state index in [4.69, 9.17) is 19.7 Å². The Morgan fingerprint density at radius 3 is 2.18 bits per heavy atom. The van der Waals surface area contributed by atoms with E-state index in [2.05, 4.69) is 74.8 Å². The maximum atomic E-state index is 13.6. The molecule has 15 nitrogen and oxygen atoms in total. The largest absolute Gasteiger partial charge is 0.453 e. The molecule has 1 fully saturated rings. The Morgan fingerprint density at radius 2 is 1.45 bits per heavy atom. The lowest BCUT2D eigenvalue weighted by Crippen LogP contribution is -2.51. The molecule has 3 aromatic heterocycles. The van der Waals surface area contributed by atoms with Crippen molar-refractivity contribution in [1.29, 1.82) is 0 Å². The number of likely N-dealkylation sites (tertiary alicyclic amines) is 1. The third-order valence-corrected chi connectivity index (χ3v) is 10.3. The average molecular weight is 818 g/mol. The number of pyridine rings is 1. The highest BCUT2D eigenvalue weighted by molar-refractivity contribution is 5.90. The lowest BCUT2D eigenvalue weighted by atomic mass is 10.0. The molecule has 0 spiro atoms. The number of amides is 4. The summed E-state index contributed by atoms with van der Waals surface area (Å²) in [6.45, 7) is 9.03. The van der Waals surface area contributed by atoms with Crippen LogP contribution in [0, 0.1) is 5.92 Å². The number of hydrogen-bond acceptors (Lipinski definition) is 9. The molecular weight excluding hydrogens is 763 g/mol. The lowest BCUT2D eigenvalue weighted by Gasteiger charge is -2.29. The number of hydrogen-bond donors (Lipinski definition) is 5. The van der Waals surface area contributed by atoms with Gasteiger partial charge in [-0.3, -0.25) is 9.59 Å². The highest BCUT2D eigenvalue weighted by Crippen LogP contribution is 2.34. The number of carbonyl (C=O) groups is 4. The van der Waals surface area contributed by atoms with Crippen LogP contribution >= 0.6 is 0 Å². The van der Waals surface area contributed by atoms with Gasteiger partial charge in [-0.15, -0.1) is 0 Å². The molecule has 3 aromatic carbocycles. The zero-order valence-electron chi connectivity index (χ0n) is 35.2. The first kappa shape index (κ1) is 43.1. The van der Waals surface area contributed by atoms with Crippen molar-refractivity contribution in [2.24, 2.45) is 5.92 Å². The van der Waals surface area contributed by atoms with Crippen LogP contribution in [0.25, 0.3) is 55.4 Å². The van der Waals surface area contributed by atoms with Crippen LogP contribution in [-0.2, 0) is 25.5 Å². The molecule has 15 heteroatoms. The normalized spacial score (nSPS) is 14.2. The average Bonchev–Trinajstić information content (AvgIpc) is 4.02. The molecule has 4 amide bonds. The van der Waals surface area contributed by atoms with Gasteiger partial charge in [-0.2, -0.15) is 0 Å². The second-order valence-electron chi connectivity index (χ2n) is 15.3. The van der Waals surface area contributed by atoms with E-state index < -0.39 is 18.2 Å². The molecule has 4 heterocycles. The third-order valence-electron chi connectivity index (χ3n) is 10.3. The van der Waals surface area contributed by atoms with Gasteiger partial charge in [0, 0.05) is 30.5 Å². The van der Waals surface area contributed by atoms with Crippen molar-refractivity contribution in [1.82, 2.24) is 45.8 Å². The number of aromatic amines is 2. The van der Waals surface area contributed by atoms with Crippen molar-refractivity contribution >= 4 is 57.0 Å². The number of ether oxygens (including phenoxy) is 2. The van der Waals surface area contributed by atoms with E-state index >= 15 is 0 Å². The Kier molecular flexibility index (Phi) is 14.3. The van der Waals surface area contributed by atoms with Gasteiger partial charge in [0.15, 0.2) is 0 Å². The summed E-state index contributed by atoms with van der Waals surface area (Å²) in [5.74, 6) is 1.10. The van der Waals surface area contributed by atoms with E-state index in [0.29, 0.717) is 13.1 Å². The summed E-state index contributed by atoms with van der Waals surface area (Å²) in [6.07, 6.45) is 3.97. The van der Waals surface area contributed by atoms with Crippen LogP contribution in [0.15, 0.2) is 66.7 Å². The van der Waals surface area contributed by atoms with E-state index in [1.54, 1.807) is 0 Å². The smallest absolute Gasteiger partial charge is 0.407 e. The molecule has 6 aromatic rings. The number of nitrogens with zero attached hydrogens (tertiary/aromatic N) is 4. The monoisotopic (exact) mass is 817 g/mol. The summed E-state index contributed by atoms with van der Waals surface area (Å²) in [4.78, 5) is 71.9. The Morgan fingerprint density at radius 1 is 0.783 bits per heavy atom. The van der Waals surface area contributed by atoms with Gasteiger partial charge >= 0.3 is 12.2 Å². The second kappa shape index (κ2) is 20.0. The molecule has 60 heavy (non-hydrogen) atoms. The highest BCUT2D eigenvalue weighted by Gasteiger charge is 2.37. The Labute approximate surface area is 349 Å². The number of unbranched alkanes of at least 4 members (excludes halogenated alkanes) is 1. The summed E-state index contributed by atoms with van der Waals surface area (Å²) < 4.78 is 9.24. The van der Waals surface area contributed by atoms with Crippen molar-refractivity contribution in [2.45, 2.75) is 78.3 Å². The fourth-order valence-corrected chi connectivity index (χ4v) is 7.30. The number of aryl methyl sites for hydroxylation is 1. The molecule has 2 unspecified atom stereocenters. The fourth-order valence-electron chi connectivity index (χ4n) is 7.30. The van der Waals surface area contributed by atoms with Crippen LogP contribution in [0.1, 0.15) is 77.5 Å². The van der Waals surface area contributed by atoms with Crippen LogP contribution in [0.3, 0.4) is 0 Å². The van der Waals surface area contributed by atoms with Crippen LogP contribution in [0.2, 0.25) is 0 Å². The van der Waals surface area contributed by atoms with Crippen LogP contribution in [0.5, 0.6) is 0 Å². The molecule has 2 atom stereocenters.